The van der Waals surface area contributed by atoms with Crippen molar-refractivity contribution in [2.24, 2.45) is 0 Å². The van der Waals surface area contributed by atoms with Crippen molar-refractivity contribution in [3.8, 4) is 11.5 Å². The van der Waals surface area contributed by atoms with E-state index in [1.807, 2.05) is 31.3 Å². The van der Waals surface area contributed by atoms with Gasteiger partial charge in [-0.2, -0.15) is 0 Å². The molecule has 0 unspecified atom stereocenters. The van der Waals surface area contributed by atoms with Crippen molar-refractivity contribution >= 4 is 33.3 Å². The van der Waals surface area contributed by atoms with Crippen LogP contribution in [-0.4, -0.2) is 38.6 Å². The Hall–Kier alpha value is -4.07. The molecule has 0 radical (unpaired) electrons. The summed E-state index contributed by atoms with van der Waals surface area (Å²) >= 11 is 0. The summed E-state index contributed by atoms with van der Waals surface area (Å²) in [5.74, 6) is 2.87. The Morgan fingerprint density at radius 1 is 0.939 bits per heavy atom. The summed E-state index contributed by atoms with van der Waals surface area (Å²) in [5.41, 5.74) is 6.30. The molecule has 5 aromatic rings. The fraction of sp³-hybridized carbons (Fsp3) is 0.240. The predicted octanol–water partition coefficient (Wildman–Crippen LogP) is 5.13. The Labute approximate surface area is 191 Å². The van der Waals surface area contributed by atoms with E-state index in [-0.39, 0.29) is 0 Å². The quantitative estimate of drug-likeness (QED) is 0.323. The number of imidazole rings is 1. The molecule has 0 saturated carbocycles. The lowest BCUT2D eigenvalue weighted by molar-refractivity contribution is 0.296. The van der Waals surface area contributed by atoms with E-state index in [2.05, 4.69) is 56.2 Å². The zero-order valence-electron chi connectivity index (χ0n) is 19.1. The topological polar surface area (TPSA) is 101 Å². The number of fused-ring (bicyclic) bond motifs is 2. The number of benzene rings is 2. The molecule has 3 heterocycles. The number of anilines is 2. The highest BCUT2D eigenvalue weighted by Gasteiger charge is 2.13. The monoisotopic (exact) mass is 442 g/mol. The standard InChI is InChI=1S/C25H26N6O2/c1-14-12-26-24(29-14)7-8-33-23-11-21-19(10-22(23)32-4)25(28-13-27-21)31-17-5-6-20-18(9-17)15(2)16(3)30-20/h5-6,9-13,30H,7-8H2,1-4H3,(H,26,29)(H,27,28,31). The molecule has 168 valence electrons. The van der Waals surface area contributed by atoms with Crippen LogP contribution in [0.25, 0.3) is 21.8 Å². The molecule has 0 bridgehead atoms. The molecule has 3 aromatic heterocycles. The maximum atomic E-state index is 6.00. The molecule has 2 aromatic carbocycles. The van der Waals surface area contributed by atoms with E-state index < -0.39 is 0 Å². The summed E-state index contributed by atoms with van der Waals surface area (Å²) in [6, 6.07) is 10.0. The fourth-order valence-corrected chi connectivity index (χ4v) is 3.96. The smallest absolute Gasteiger partial charge is 0.163 e. The van der Waals surface area contributed by atoms with E-state index in [4.69, 9.17) is 9.47 Å². The molecular formula is C25H26N6O2. The highest BCUT2D eigenvalue weighted by atomic mass is 16.5. The van der Waals surface area contributed by atoms with Crippen LogP contribution in [0.1, 0.15) is 22.8 Å². The van der Waals surface area contributed by atoms with E-state index in [0.717, 1.165) is 33.6 Å². The Balaban J connectivity index is 1.42. The van der Waals surface area contributed by atoms with Gasteiger partial charge in [0.2, 0.25) is 0 Å². The second kappa shape index (κ2) is 8.46. The van der Waals surface area contributed by atoms with Crippen LogP contribution in [0.4, 0.5) is 11.5 Å². The van der Waals surface area contributed by atoms with E-state index in [1.165, 1.54) is 16.6 Å². The third kappa shape index (κ3) is 4.07. The minimum absolute atomic E-state index is 0.473. The molecule has 0 aliphatic rings. The molecule has 33 heavy (non-hydrogen) atoms. The average Bonchev–Trinajstić information content (AvgIpc) is 3.35. The first kappa shape index (κ1) is 20.8. The SMILES string of the molecule is COc1cc2c(Nc3ccc4[nH]c(C)c(C)c4c3)ncnc2cc1OCCc1ncc(C)[nH]1. The second-order valence-electron chi connectivity index (χ2n) is 8.11. The van der Waals surface area contributed by atoms with Gasteiger partial charge in [0, 0.05) is 52.0 Å². The van der Waals surface area contributed by atoms with Crippen LogP contribution in [0.3, 0.4) is 0 Å². The maximum Gasteiger partial charge on any atom is 0.163 e. The number of rotatable bonds is 7. The van der Waals surface area contributed by atoms with Crippen LogP contribution in [0, 0.1) is 20.8 Å². The highest BCUT2D eigenvalue weighted by molar-refractivity contribution is 5.94. The first-order valence-corrected chi connectivity index (χ1v) is 10.8. The number of hydrogen-bond donors (Lipinski definition) is 3. The van der Waals surface area contributed by atoms with Crippen LogP contribution < -0.4 is 14.8 Å². The van der Waals surface area contributed by atoms with Gasteiger partial charge in [0.05, 0.1) is 19.2 Å². The highest BCUT2D eigenvalue weighted by Crippen LogP contribution is 2.35. The summed E-state index contributed by atoms with van der Waals surface area (Å²) in [6.07, 6.45) is 4.04. The van der Waals surface area contributed by atoms with Crippen molar-refractivity contribution < 1.29 is 9.47 Å². The van der Waals surface area contributed by atoms with Gasteiger partial charge in [-0.05, 0) is 50.6 Å². The number of ether oxygens (including phenoxy) is 2. The van der Waals surface area contributed by atoms with E-state index in [1.54, 1.807) is 13.4 Å². The number of nitrogens with one attached hydrogen (secondary N) is 3. The van der Waals surface area contributed by atoms with Gasteiger partial charge >= 0.3 is 0 Å². The third-order valence-corrected chi connectivity index (χ3v) is 5.84. The van der Waals surface area contributed by atoms with Gasteiger partial charge in [-0.1, -0.05) is 0 Å². The van der Waals surface area contributed by atoms with Crippen molar-refractivity contribution in [3.63, 3.8) is 0 Å². The lowest BCUT2D eigenvalue weighted by atomic mass is 10.1. The van der Waals surface area contributed by atoms with Crippen LogP contribution in [-0.2, 0) is 6.42 Å². The minimum atomic E-state index is 0.473. The number of H-pyrrole nitrogens is 2. The maximum absolute atomic E-state index is 6.00. The lowest BCUT2D eigenvalue weighted by Gasteiger charge is -2.14. The number of aromatic amines is 2. The molecule has 0 amide bonds. The number of nitrogens with zero attached hydrogens (tertiary/aromatic N) is 3. The Morgan fingerprint density at radius 3 is 2.61 bits per heavy atom. The summed E-state index contributed by atoms with van der Waals surface area (Å²) in [6.45, 7) is 6.66. The molecule has 0 atom stereocenters. The molecular weight excluding hydrogens is 416 g/mol. The summed E-state index contributed by atoms with van der Waals surface area (Å²) < 4.78 is 11.6. The Kier molecular flexibility index (Phi) is 5.34. The van der Waals surface area contributed by atoms with E-state index in [9.17, 15) is 0 Å². The van der Waals surface area contributed by atoms with Crippen LogP contribution in [0.5, 0.6) is 11.5 Å². The van der Waals surface area contributed by atoms with E-state index >= 15 is 0 Å². The van der Waals surface area contributed by atoms with Gasteiger partial charge in [0.15, 0.2) is 11.5 Å². The molecule has 0 fully saturated rings. The van der Waals surface area contributed by atoms with Crippen molar-refractivity contribution in [3.05, 3.63) is 65.6 Å². The van der Waals surface area contributed by atoms with Gasteiger partial charge in [0.1, 0.15) is 18.0 Å². The molecule has 5 rings (SSSR count). The first-order chi connectivity index (χ1) is 16.0. The van der Waals surface area contributed by atoms with Crippen LogP contribution in [0.15, 0.2) is 42.9 Å². The summed E-state index contributed by atoms with van der Waals surface area (Å²) in [4.78, 5) is 19.9. The summed E-state index contributed by atoms with van der Waals surface area (Å²) in [7, 11) is 1.63. The van der Waals surface area contributed by atoms with Crippen LogP contribution >= 0.6 is 0 Å². The number of methoxy groups -OCH3 is 1. The van der Waals surface area contributed by atoms with Gasteiger partial charge in [0.25, 0.3) is 0 Å². The normalized spacial score (nSPS) is 11.3. The van der Waals surface area contributed by atoms with Gasteiger partial charge in [-0.15, -0.1) is 0 Å². The lowest BCUT2D eigenvalue weighted by Crippen LogP contribution is -2.04. The van der Waals surface area contributed by atoms with Gasteiger partial charge < -0.3 is 24.8 Å². The fourth-order valence-electron chi connectivity index (χ4n) is 3.96. The number of aryl methyl sites for hydroxylation is 3. The molecule has 0 spiro atoms. The van der Waals surface area contributed by atoms with Crippen molar-refractivity contribution in [1.82, 2.24) is 24.9 Å². The average molecular weight is 443 g/mol. The van der Waals surface area contributed by atoms with Gasteiger partial charge in [-0.25, -0.2) is 15.0 Å². The molecule has 8 nitrogen and oxygen atoms in total. The van der Waals surface area contributed by atoms with E-state index in [0.29, 0.717) is 30.3 Å². The molecule has 8 heteroatoms. The van der Waals surface area contributed by atoms with Gasteiger partial charge in [-0.3, -0.25) is 0 Å². The zero-order valence-corrected chi connectivity index (χ0v) is 19.1. The molecule has 0 aliphatic carbocycles. The predicted molar refractivity (Wildman–Crippen MR) is 130 cm³/mol. The Bertz CT molecular complexity index is 1450. The molecule has 3 N–H and O–H groups in total. The largest absolute Gasteiger partial charge is 0.493 e. The summed E-state index contributed by atoms with van der Waals surface area (Å²) in [5, 5.41) is 5.48. The minimum Gasteiger partial charge on any atom is -0.493 e. The number of hydrogen-bond acceptors (Lipinski definition) is 6. The Morgan fingerprint density at radius 2 is 1.82 bits per heavy atom. The van der Waals surface area contributed by atoms with Crippen LogP contribution in [0.2, 0.25) is 0 Å². The van der Waals surface area contributed by atoms with Crippen molar-refractivity contribution in [1.29, 1.82) is 0 Å². The molecule has 0 aliphatic heterocycles. The number of aromatic nitrogens is 5. The second-order valence-corrected chi connectivity index (χ2v) is 8.11. The zero-order chi connectivity index (χ0) is 22.9. The first-order valence-electron chi connectivity index (χ1n) is 10.8. The molecule has 0 saturated heterocycles. The van der Waals surface area contributed by atoms with Crippen molar-refractivity contribution in [2.45, 2.75) is 27.2 Å². The third-order valence-electron chi connectivity index (χ3n) is 5.84. The van der Waals surface area contributed by atoms with Crippen molar-refractivity contribution in [2.75, 3.05) is 19.0 Å².